The molecule has 13 nitrogen and oxygen atoms in total. The van der Waals surface area contributed by atoms with Gasteiger partial charge in [0.1, 0.15) is 17.6 Å². The zero-order chi connectivity index (χ0) is 28.0. The van der Waals surface area contributed by atoms with Crippen LogP contribution < -0.4 is 10.6 Å². The van der Waals surface area contributed by atoms with Crippen molar-refractivity contribution < 1.29 is 33.8 Å². The second-order valence-electron chi connectivity index (χ2n) is 8.79. The molecule has 3 amide bonds. The number of amides is 3. The van der Waals surface area contributed by atoms with Crippen molar-refractivity contribution in [3.63, 3.8) is 0 Å². The molecule has 1 aliphatic rings. The number of nitrogens with one attached hydrogen (secondary N) is 2. The number of carboxylic acid groups (broad SMARTS) is 1. The molecule has 0 aliphatic carbocycles. The minimum atomic E-state index is -4.73. The van der Waals surface area contributed by atoms with Crippen molar-refractivity contribution in [3.05, 3.63) is 72.4 Å². The predicted octanol–water partition coefficient (Wildman–Crippen LogP) is 1.99. The Hall–Kier alpha value is -4.32. The number of piperazine rings is 1. The molecule has 14 heteroatoms. The van der Waals surface area contributed by atoms with Crippen LogP contribution in [0.25, 0.3) is 11.4 Å². The fourth-order valence-corrected chi connectivity index (χ4v) is 4.73. The van der Waals surface area contributed by atoms with Gasteiger partial charge in [0.15, 0.2) is 5.82 Å². The normalized spacial score (nSPS) is 14.4. The molecule has 39 heavy (non-hydrogen) atoms. The number of benzene rings is 2. The number of aromatic nitrogens is 2. The third-order valence-corrected chi connectivity index (χ3v) is 6.76. The third-order valence-electron chi connectivity index (χ3n) is 5.92. The zero-order valence-corrected chi connectivity index (χ0v) is 21.6. The smallest absolute Gasteiger partial charge is 0.407 e. The lowest BCUT2D eigenvalue weighted by atomic mass is 10.2. The first-order valence-electron chi connectivity index (χ1n) is 12.0. The molecule has 3 aromatic rings. The summed E-state index contributed by atoms with van der Waals surface area (Å²) in [5.74, 6) is -1.04. The first-order chi connectivity index (χ1) is 18.6. The van der Waals surface area contributed by atoms with Crippen LogP contribution in [0.4, 0.5) is 16.3 Å². The Morgan fingerprint density at radius 3 is 2.08 bits per heavy atom. The average Bonchev–Trinajstić information content (AvgIpc) is 2.92. The van der Waals surface area contributed by atoms with Crippen molar-refractivity contribution in [1.29, 1.82) is 0 Å². The number of carbonyl (C=O) groups excluding carboxylic acids is 2. The number of carbonyl (C=O) groups is 3. The predicted molar refractivity (Wildman–Crippen MR) is 142 cm³/mol. The summed E-state index contributed by atoms with van der Waals surface area (Å²) in [7, 11) is -4.73. The van der Waals surface area contributed by atoms with Crippen LogP contribution in [0.3, 0.4) is 0 Å². The van der Waals surface area contributed by atoms with Crippen molar-refractivity contribution in [3.8, 4) is 11.4 Å². The molecule has 1 saturated heterocycles. The highest BCUT2D eigenvalue weighted by molar-refractivity contribution is 7.51. The third kappa shape index (κ3) is 7.60. The molecular weight excluding hydrogens is 527 g/mol. The Balaban J connectivity index is 1.60. The van der Waals surface area contributed by atoms with Crippen molar-refractivity contribution in [2.24, 2.45) is 0 Å². The molecule has 1 aliphatic heterocycles. The lowest BCUT2D eigenvalue weighted by molar-refractivity contribution is -0.134. The number of anilines is 2. The highest BCUT2D eigenvalue weighted by Crippen LogP contribution is 2.35. The summed E-state index contributed by atoms with van der Waals surface area (Å²) in [6.45, 7) is 0.127. The highest BCUT2D eigenvalue weighted by atomic mass is 31.2. The van der Waals surface area contributed by atoms with E-state index in [2.05, 4.69) is 20.6 Å². The second-order valence-corrected chi connectivity index (χ2v) is 10.5. The Labute approximate surface area is 223 Å². The summed E-state index contributed by atoms with van der Waals surface area (Å²) >= 11 is 0. The Kier molecular flexibility index (Phi) is 8.55. The largest absolute Gasteiger partial charge is 0.465 e. The van der Waals surface area contributed by atoms with Gasteiger partial charge in [-0.15, -0.1) is 0 Å². The number of nitrogens with zero attached hydrogens (tertiary/aromatic N) is 4. The van der Waals surface area contributed by atoms with Crippen LogP contribution >= 0.6 is 7.60 Å². The van der Waals surface area contributed by atoms with Crippen LogP contribution in [0, 0.1) is 0 Å². The first-order valence-corrected chi connectivity index (χ1v) is 13.8. The minimum Gasteiger partial charge on any atom is -0.465 e. The maximum absolute atomic E-state index is 13.3. The summed E-state index contributed by atoms with van der Waals surface area (Å²) in [6.07, 6.45) is -2.05. The zero-order valence-electron chi connectivity index (χ0n) is 20.7. The van der Waals surface area contributed by atoms with Crippen molar-refractivity contribution in [2.75, 3.05) is 37.7 Å². The van der Waals surface area contributed by atoms with E-state index in [1.54, 1.807) is 24.3 Å². The molecule has 1 fully saturated rings. The summed E-state index contributed by atoms with van der Waals surface area (Å²) in [4.78, 5) is 68.1. The first kappa shape index (κ1) is 27.7. The second kappa shape index (κ2) is 12.0. The maximum Gasteiger partial charge on any atom is 0.407 e. The van der Waals surface area contributed by atoms with Gasteiger partial charge in [-0.2, -0.15) is 0 Å². The van der Waals surface area contributed by atoms with E-state index in [1.807, 2.05) is 36.4 Å². The van der Waals surface area contributed by atoms with Gasteiger partial charge in [-0.25, -0.2) is 14.8 Å². The quantitative estimate of drug-likeness (QED) is 0.258. The van der Waals surface area contributed by atoms with E-state index >= 15 is 0 Å². The summed E-state index contributed by atoms with van der Waals surface area (Å²) in [6, 6.07) is 17.8. The molecule has 1 atom stereocenters. The number of hydrogen-bond donors (Lipinski definition) is 5. The van der Waals surface area contributed by atoms with Crippen LogP contribution in [-0.4, -0.2) is 91.0 Å². The highest BCUT2D eigenvalue weighted by Gasteiger charge is 2.34. The monoisotopic (exact) mass is 554 g/mol. The molecule has 4 rings (SSSR count). The SMILES string of the molecule is O=C(N[C@@H](CP(=O)(O)O)C(=O)N1CCN(C(=O)O)CC1)c1cc(Nc2ccccc2)nc(-c2ccccc2)n1. The lowest BCUT2D eigenvalue weighted by Gasteiger charge is -2.35. The molecule has 0 saturated carbocycles. The van der Waals surface area contributed by atoms with Crippen LogP contribution in [0.2, 0.25) is 0 Å². The van der Waals surface area contributed by atoms with E-state index in [0.717, 1.165) is 4.90 Å². The van der Waals surface area contributed by atoms with Gasteiger partial charge in [-0.3, -0.25) is 14.2 Å². The molecule has 1 aromatic heterocycles. The Bertz CT molecular complexity index is 1380. The van der Waals surface area contributed by atoms with Gasteiger partial charge in [0, 0.05) is 43.5 Å². The molecule has 0 spiro atoms. The van der Waals surface area contributed by atoms with E-state index in [1.165, 1.54) is 11.0 Å². The summed E-state index contributed by atoms with van der Waals surface area (Å²) in [5, 5.41) is 14.7. The fourth-order valence-electron chi connectivity index (χ4n) is 4.01. The van der Waals surface area contributed by atoms with Crippen molar-refractivity contribution >= 4 is 37.0 Å². The number of para-hydroxylation sites is 1. The molecule has 0 radical (unpaired) electrons. The van der Waals surface area contributed by atoms with Crippen LogP contribution in [-0.2, 0) is 9.36 Å². The standard InChI is InChI=1S/C25H27N6O7P/c32-23(28-20(16-39(36,37)38)24(33)30-11-13-31(14-12-30)25(34)35)19-15-21(26-18-9-5-2-6-10-18)29-22(27-19)17-7-3-1-4-8-17/h1-10,15,20H,11-14,16H2,(H,28,32)(H,34,35)(H,26,27,29)(H2,36,37,38)/t20-/m0/s1. The summed E-state index contributed by atoms with van der Waals surface area (Å²) < 4.78 is 11.8. The Morgan fingerprint density at radius 2 is 1.49 bits per heavy atom. The van der Waals surface area contributed by atoms with E-state index in [9.17, 15) is 28.7 Å². The summed E-state index contributed by atoms with van der Waals surface area (Å²) in [5.41, 5.74) is 1.21. The van der Waals surface area contributed by atoms with Gasteiger partial charge in [0.25, 0.3) is 5.91 Å². The van der Waals surface area contributed by atoms with Gasteiger partial charge in [0.2, 0.25) is 5.91 Å². The Morgan fingerprint density at radius 1 is 0.897 bits per heavy atom. The van der Waals surface area contributed by atoms with Gasteiger partial charge in [-0.05, 0) is 12.1 Å². The van der Waals surface area contributed by atoms with Gasteiger partial charge in [-0.1, -0.05) is 48.5 Å². The fraction of sp³-hybridized carbons (Fsp3) is 0.240. The van der Waals surface area contributed by atoms with Gasteiger partial charge >= 0.3 is 13.7 Å². The molecule has 2 aromatic carbocycles. The number of rotatable bonds is 8. The minimum absolute atomic E-state index is 0.0233. The topological polar surface area (TPSA) is 185 Å². The molecule has 2 heterocycles. The van der Waals surface area contributed by atoms with E-state index < -0.39 is 37.7 Å². The number of hydrogen-bond acceptors (Lipinski definition) is 7. The van der Waals surface area contributed by atoms with Crippen LogP contribution in [0.1, 0.15) is 10.5 Å². The molecular formula is C25H27N6O7P. The van der Waals surface area contributed by atoms with E-state index in [4.69, 9.17) is 5.11 Å². The molecule has 0 bridgehead atoms. The molecule has 0 unspecified atom stereocenters. The van der Waals surface area contributed by atoms with Gasteiger partial charge < -0.3 is 35.3 Å². The lowest BCUT2D eigenvalue weighted by Crippen LogP contribution is -2.56. The maximum atomic E-state index is 13.3. The van der Waals surface area contributed by atoms with Crippen molar-refractivity contribution in [1.82, 2.24) is 25.1 Å². The average molecular weight is 555 g/mol. The molecule has 204 valence electrons. The van der Waals surface area contributed by atoms with Gasteiger partial charge in [0.05, 0.1) is 6.16 Å². The van der Waals surface area contributed by atoms with Crippen molar-refractivity contribution in [2.45, 2.75) is 6.04 Å². The van der Waals surface area contributed by atoms with Crippen LogP contribution in [0.15, 0.2) is 66.7 Å². The van der Waals surface area contributed by atoms with E-state index in [0.29, 0.717) is 17.1 Å². The van der Waals surface area contributed by atoms with E-state index in [-0.39, 0.29) is 37.7 Å². The van der Waals surface area contributed by atoms with Crippen LogP contribution in [0.5, 0.6) is 0 Å². The molecule has 5 N–H and O–H groups in total.